The second kappa shape index (κ2) is 11.4. The Bertz CT molecular complexity index is 423. The van der Waals surface area contributed by atoms with Gasteiger partial charge in [0.25, 0.3) is 0 Å². The number of hydrogen-bond donors (Lipinski definition) is 1. The lowest BCUT2D eigenvalue weighted by Gasteiger charge is -2.38. The van der Waals surface area contributed by atoms with Crippen LogP contribution in [0.25, 0.3) is 0 Å². The standard InChI is InChI=1S/C23H44NO3/c1-4-24(3,5-2)16-17-27-22(25)18-21(19-12-8-6-9-13-19)23(26)20-14-10-7-11-15-20/h19-21,23,26H,4-18H2,1-3H3/q+1. The molecular formula is C23H44NO3+. The molecular weight excluding hydrogens is 338 g/mol. The Morgan fingerprint density at radius 3 is 2.00 bits per heavy atom. The topological polar surface area (TPSA) is 46.5 Å². The SMILES string of the molecule is CC[N+](C)(CC)CCOC(=O)CC(C1CCCCC1)C(O)C1CCCCC1. The second-order valence-corrected chi connectivity index (χ2v) is 9.35. The molecule has 0 radical (unpaired) electrons. The predicted octanol–water partition coefficient (Wildman–Crippen LogP) is 4.54. The molecule has 0 aromatic carbocycles. The third-order valence-corrected chi connectivity index (χ3v) is 7.65. The number of esters is 1. The first-order valence-corrected chi connectivity index (χ1v) is 11.7. The van der Waals surface area contributed by atoms with Crippen LogP contribution in [0.1, 0.15) is 84.5 Å². The van der Waals surface area contributed by atoms with Crippen LogP contribution in [0, 0.1) is 17.8 Å². The maximum absolute atomic E-state index is 12.6. The zero-order valence-corrected chi connectivity index (χ0v) is 18.1. The van der Waals surface area contributed by atoms with Crippen molar-refractivity contribution in [2.24, 2.45) is 17.8 Å². The molecule has 2 fully saturated rings. The molecule has 2 rings (SSSR count). The average molecular weight is 383 g/mol. The number of carbonyl (C=O) groups is 1. The second-order valence-electron chi connectivity index (χ2n) is 9.35. The summed E-state index contributed by atoms with van der Waals surface area (Å²) in [5.74, 6) is 0.882. The Labute approximate surface area is 167 Å². The van der Waals surface area contributed by atoms with Gasteiger partial charge in [-0.2, -0.15) is 0 Å². The van der Waals surface area contributed by atoms with E-state index in [1.54, 1.807) is 0 Å². The van der Waals surface area contributed by atoms with Crippen molar-refractivity contribution in [3.05, 3.63) is 0 Å². The molecule has 0 bridgehead atoms. The van der Waals surface area contributed by atoms with Crippen molar-refractivity contribution >= 4 is 5.97 Å². The Hall–Kier alpha value is -0.610. The van der Waals surface area contributed by atoms with E-state index < -0.39 is 0 Å². The van der Waals surface area contributed by atoms with Gasteiger partial charge in [-0.15, -0.1) is 0 Å². The average Bonchev–Trinajstić information content (AvgIpc) is 2.72. The van der Waals surface area contributed by atoms with Crippen molar-refractivity contribution in [2.75, 3.05) is 33.3 Å². The molecule has 2 aliphatic carbocycles. The normalized spacial score (nSPS) is 22.4. The summed E-state index contributed by atoms with van der Waals surface area (Å²) in [4.78, 5) is 12.6. The molecule has 4 heteroatoms. The van der Waals surface area contributed by atoms with Gasteiger partial charge in [0.1, 0.15) is 13.2 Å². The molecule has 0 aliphatic heterocycles. The minimum Gasteiger partial charge on any atom is -0.460 e. The summed E-state index contributed by atoms with van der Waals surface area (Å²) < 4.78 is 6.57. The van der Waals surface area contributed by atoms with Crippen molar-refractivity contribution in [3.63, 3.8) is 0 Å². The highest BCUT2D eigenvalue weighted by Crippen LogP contribution is 2.39. The Balaban J connectivity index is 1.91. The fraction of sp³-hybridized carbons (Fsp3) is 0.957. The third kappa shape index (κ3) is 7.05. The van der Waals surface area contributed by atoms with Gasteiger partial charge in [-0.25, -0.2) is 0 Å². The van der Waals surface area contributed by atoms with E-state index in [1.165, 1.54) is 51.4 Å². The number of hydrogen-bond acceptors (Lipinski definition) is 3. The minimum atomic E-state index is -0.326. The molecule has 0 heterocycles. The minimum absolute atomic E-state index is 0.0964. The van der Waals surface area contributed by atoms with Crippen LogP contribution >= 0.6 is 0 Å². The number of carbonyl (C=O) groups excluding carboxylic acids is 1. The summed E-state index contributed by atoms with van der Waals surface area (Å²) in [6, 6.07) is 0. The number of quaternary nitrogens is 1. The highest BCUT2D eigenvalue weighted by Gasteiger charge is 2.36. The van der Waals surface area contributed by atoms with E-state index in [0.717, 1.165) is 37.0 Å². The molecule has 158 valence electrons. The molecule has 0 aromatic heterocycles. The van der Waals surface area contributed by atoms with Crippen molar-refractivity contribution < 1.29 is 19.1 Å². The monoisotopic (exact) mass is 382 g/mol. The molecule has 1 N–H and O–H groups in total. The molecule has 2 aliphatic rings. The van der Waals surface area contributed by atoms with Crippen LogP contribution in [0.3, 0.4) is 0 Å². The van der Waals surface area contributed by atoms with Crippen LogP contribution in [0.15, 0.2) is 0 Å². The van der Waals surface area contributed by atoms with Gasteiger partial charge in [-0.1, -0.05) is 51.4 Å². The summed E-state index contributed by atoms with van der Waals surface area (Å²) in [6.07, 6.45) is 12.2. The molecule has 0 aromatic rings. The maximum Gasteiger partial charge on any atom is 0.306 e. The molecule has 2 atom stereocenters. The van der Waals surface area contributed by atoms with Gasteiger partial charge in [-0.05, 0) is 44.4 Å². The molecule has 2 saturated carbocycles. The van der Waals surface area contributed by atoms with Crippen molar-refractivity contribution in [3.8, 4) is 0 Å². The third-order valence-electron chi connectivity index (χ3n) is 7.65. The first-order valence-electron chi connectivity index (χ1n) is 11.7. The van der Waals surface area contributed by atoms with Crippen LogP contribution < -0.4 is 0 Å². The summed E-state index contributed by atoms with van der Waals surface area (Å²) in [5, 5.41) is 11.2. The highest BCUT2D eigenvalue weighted by molar-refractivity contribution is 5.69. The summed E-state index contributed by atoms with van der Waals surface area (Å²) in [6.45, 7) is 7.85. The van der Waals surface area contributed by atoms with E-state index >= 15 is 0 Å². The lowest BCUT2D eigenvalue weighted by molar-refractivity contribution is -0.906. The van der Waals surface area contributed by atoms with Crippen LogP contribution in [-0.4, -0.2) is 55.0 Å². The van der Waals surface area contributed by atoms with Gasteiger partial charge in [0.2, 0.25) is 0 Å². The molecule has 0 saturated heterocycles. The van der Waals surface area contributed by atoms with Crippen molar-refractivity contribution in [1.29, 1.82) is 0 Å². The zero-order valence-electron chi connectivity index (χ0n) is 18.1. The van der Waals surface area contributed by atoms with Gasteiger partial charge in [0, 0.05) is 0 Å². The van der Waals surface area contributed by atoms with Gasteiger partial charge in [0.05, 0.1) is 32.7 Å². The summed E-state index contributed by atoms with van der Waals surface area (Å²) in [7, 11) is 2.21. The van der Waals surface area contributed by atoms with E-state index in [4.69, 9.17) is 4.74 Å². The van der Waals surface area contributed by atoms with Gasteiger partial charge >= 0.3 is 5.97 Å². The number of likely N-dealkylation sites (N-methyl/N-ethyl adjacent to an activating group) is 1. The first-order chi connectivity index (χ1) is 13.0. The van der Waals surface area contributed by atoms with Gasteiger partial charge in [0.15, 0.2) is 0 Å². The highest BCUT2D eigenvalue weighted by atomic mass is 16.5. The Morgan fingerprint density at radius 1 is 0.963 bits per heavy atom. The van der Waals surface area contributed by atoms with E-state index in [9.17, 15) is 9.90 Å². The van der Waals surface area contributed by atoms with Crippen LogP contribution in [-0.2, 0) is 9.53 Å². The Kier molecular flexibility index (Phi) is 9.58. The zero-order chi connectivity index (χ0) is 19.7. The van der Waals surface area contributed by atoms with Gasteiger partial charge in [-0.3, -0.25) is 4.79 Å². The molecule has 0 spiro atoms. The van der Waals surface area contributed by atoms with E-state index in [0.29, 0.717) is 24.9 Å². The van der Waals surface area contributed by atoms with Gasteiger partial charge < -0.3 is 14.3 Å². The smallest absolute Gasteiger partial charge is 0.306 e. The fourth-order valence-electron chi connectivity index (χ4n) is 5.12. The van der Waals surface area contributed by atoms with E-state index in [2.05, 4.69) is 20.9 Å². The summed E-state index contributed by atoms with van der Waals surface area (Å²) in [5.41, 5.74) is 0. The largest absolute Gasteiger partial charge is 0.460 e. The van der Waals surface area contributed by atoms with Crippen molar-refractivity contribution in [1.82, 2.24) is 0 Å². The van der Waals surface area contributed by atoms with Crippen LogP contribution in [0.5, 0.6) is 0 Å². The number of ether oxygens (including phenoxy) is 1. The molecule has 0 amide bonds. The number of nitrogens with zero attached hydrogens (tertiary/aromatic N) is 1. The molecule has 4 nitrogen and oxygen atoms in total. The van der Waals surface area contributed by atoms with E-state index in [1.807, 2.05) is 0 Å². The van der Waals surface area contributed by atoms with Crippen LogP contribution in [0.4, 0.5) is 0 Å². The number of aliphatic hydroxyl groups is 1. The summed E-state index contributed by atoms with van der Waals surface area (Å²) >= 11 is 0. The number of rotatable bonds is 10. The lowest BCUT2D eigenvalue weighted by Crippen LogP contribution is -2.46. The van der Waals surface area contributed by atoms with E-state index in [-0.39, 0.29) is 18.0 Å². The lowest BCUT2D eigenvalue weighted by atomic mass is 9.70. The maximum atomic E-state index is 12.6. The predicted molar refractivity (Wildman–Crippen MR) is 110 cm³/mol. The fourth-order valence-corrected chi connectivity index (χ4v) is 5.12. The van der Waals surface area contributed by atoms with Crippen LogP contribution in [0.2, 0.25) is 0 Å². The molecule has 2 unspecified atom stereocenters. The number of aliphatic hydroxyl groups excluding tert-OH is 1. The Morgan fingerprint density at radius 2 is 1.48 bits per heavy atom. The van der Waals surface area contributed by atoms with Crippen molar-refractivity contribution in [2.45, 2.75) is 90.6 Å². The first kappa shape index (κ1) is 22.7. The molecule has 27 heavy (non-hydrogen) atoms. The quantitative estimate of drug-likeness (QED) is 0.445.